The fourth-order valence-corrected chi connectivity index (χ4v) is 3.83. The van der Waals surface area contributed by atoms with Crippen molar-refractivity contribution in [3.05, 3.63) is 59.6 Å². The molecule has 6 heteroatoms. The number of thiophene rings is 1. The van der Waals surface area contributed by atoms with Gasteiger partial charge in [-0.05, 0) is 23.8 Å². The molecule has 1 aliphatic heterocycles. The van der Waals surface area contributed by atoms with Gasteiger partial charge in [0.1, 0.15) is 5.82 Å². The molecule has 1 saturated heterocycles. The van der Waals surface area contributed by atoms with Gasteiger partial charge < -0.3 is 15.5 Å². The SMILES string of the molecule is c1ccc(-c2ccc(CNc3ccnc(N4CCNCC4)n3)s2)cc1. The Balaban J connectivity index is 1.41. The van der Waals surface area contributed by atoms with Crippen LogP contribution in [0.1, 0.15) is 4.88 Å². The number of anilines is 2. The smallest absolute Gasteiger partial charge is 0.227 e. The van der Waals surface area contributed by atoms with E-state index in [1.54, 1.807) is 0 Å². The molecule has 4 rings (SSSR count). The first-order chi connectivity index (χ1) is 12.4. The molecule has 1 fully saturated rings. The Morgan fingerprint density at radius 2 is 1.88 bits per heavy atom. The van der Waals surface area contributed by atoms with Crippen molar-refractivity contribution < 1.29 is 0 Å². The third-order valence-electron chi connectivity index (χ3n) is 4.21. The van der Waals surface area contributed by atoms with E-state index in [1.165, 1.54) is 15.3 Å². The van der Waals surface area contributed by atoms with Gasteiger partial charge >= 0.3 is 0 Å². The van der Waals surface area contributed by atoms with Crippen LogP contribution in [0.15, 0.2) is 54.7 Å². The first kappa shape index (κ1) is 16.1. The minimum Gasteiger partial charge on any atom is -0.365 e. The molecule has 0 radical (unpaired) electrons. The molecule has 0 saturated carbocycles. The summed E-state index contributed by atoms with van der Waals surface area (Å²) in [6, 6.07) is 16.8. The average Bonchev–Trinajstić information content (AvgIpc) is 3.17. The summed E-state index contributed by atoms with van der Waals surface area (Å²) in [6.07, 6.45) is 1.83. The lowest BCUT2D eigenvalue weighted by Crippen LogP contribution is -2.44. The molecule has 128 valence electrons. The molecule has 3 aromatic rings. The Bertz CT molecular complexity index is 811. The second-order valence-corrected chi connectivity index (χ2v) is 7.13. The fourth-order valence-electron chi connectivity index (χ4n) is 2.87. The predicted octanol–water partition coefficient (Wildman–Crippen LogP) is 3.23. The zero-order chi connectivity index (χ0) is 16.9. The van der Waals surface area contributed by atoms with Crippen LogP contribution in [0.4, 0.5) is 11.8 Å². The van der Waals surface area contributed by atoms with Crippen LogP contribution in [-0.2, 0) is 6.54 Å². The van der Waals surface area contributed by atoms with Crippen LogP contribution in [0, 0.1) is 0 Å². The van der Waals surface area contributed by atoms with Gasteiger partial charge in [0.05, 0.1) is 6.54 Å². The number of aromatic nitrogens is 2. The van der Waals surface area contributed by atoms with Crippen molar-refractivity contribution >= 4 is 23.1 Å². The average molecular weight is 351 g/mol. The first-order valence-electron chi connectivity index (χ1n) is 8.55. The van der Waals surface area contributed by atoms with E-state index in [4.69, 9.17) is 0 Å². The summed E-state index contributed by atoms with van der Waals surface area (Å²) in [7, 11) is 0. The normalized spacial score (nSPS) is 14.5. The van der Waals surface area contributed by atoms with Crippen molar-refractivity contribution in [3.8, 4) is 10.4 Å². The number of rotatable bonds is 5. The molecule has 0 bridgehead atoms. The number of piperazine rings is 1. The molecule has 1 aromatic carbocycles. The van der Waals surface area contributed by atoms with Gasteiger partial charge in [0.15, 0.2) is 0 Å². The van der Waals surface area contributed by atoms with Crippen LogP contribution in [-0.4, -0.2) is 36.1 Å². The second-order valence-electron chi connectivity index (χ2n) is 5.96. The van der Waals surface area contributed by atoms with Gasteiger partial charge in [-0.15, -0.1) is 11.3 Å². The highest BCUT2D eigenvalue weighted by Crippen LogP contribution is 2.28. The molecule has 25 heavy (non-hydrogen) atoms. The van der Waals surface area contributed by atoms with Crippen molar-refractivity contribution in [3.63, 3.8) is 0 Å². The van der Waals surface area contributed by atoms with Crippen molar-refractivity contribution in [2.24, 2.45) is 0 Å². The zero-order valence-electron chi connectivity index (χ0n) is 14.0. The van der Waals surface area contributed by atoms with E-state index in [9.17, 15) is 0 Å². The molecule has 0 amide bonds. The molecule has 2 N–H and O–H groups in total. The number of hydrogen-bond donors (Lipinski definition) is 2. The Hall–Kier alpha value is -2.44. The van der Waals surface area contributed by atoms with Crippen molar-refractivity contribution in [1.29, 1.82) is 0 Å². The van der Waals surface area contributed by atoms with Crippen molar-refractivity contribution in [1.82, 2.24) is 15.3 Å². The lowest BCUT2D eigenvalue weighted by atomic mass is 10.2. The molecule has 0 unspecified atom stereocenters. The largest absolute Gasteiger partial charge is 0.365 e. The van der Waals surface area contributed by atoms with Gasteiger partial charge in [-0.1, -0.05) is 30.3 Å². The van der Waals surface area contributed by atoms with Gasteiger partial charge in [0.2, 0.25) is 5.95 Å². The third-order valence-corrected chi connectivity index (χ3v) is 5.34. The highest BCUT2D eigenvalue weighted by Gasteiger charge is 2.13. The number of nitrogens with one attached hydrogen (secondary N) is 2. The third kappa shape index (κ3) is 3.97. The molecule has 0 spiro atoms. The summed E-state index contributed by atoms with van der Waals surface area (Å²) in [5.74, 6) is 1.68. The quantitative estimate of drug-likeness (QED) is 0.739. The lowest BCUT2D eigenvalue weighted by molar-refractivity contribution is 0.580. The molecule has 5 nitrogen and oxygen atoms in total. The maximum absolute atomic E-state index is 4.66. The summed E-state index contributed by atoms with van der Waals surface area (Å²) in [4.78, 5) is 13.9. The number of benzene rings is 1. The Morgan fingerprint density at radius 1 is 1.04 bits per heavy atom. The maximum Gasteiger partial charge on any atom is 0.227 e. The van der Waals surface area contributed by atoms with Crippen LogP contribution >= 0.6 is 11.3 Å². The highest BCUT2D eigenvalue weighted by atomic mass is 32.1. The summed E-state index contributed by atoms with van der Waals surface area (Å²) >= 11 is 1.81. The zero-order valence-corrected chi connectivity index (χ0v) is 14.8. The van der Waals surface area contributed by atoms with Gasteiger partial charge in [-0.25, -0.2) is 4.98 Å². The summed E-state index contributed by atoms with van der Waals surface area (Å²) in [5.41, 5.74) is 1.27. The summed E-state index contributed by atoms with van der Waals surface area (Å²) in [5, 5.41) is 6.77. The van der Waals surface area contributed by atoms with E-state index >= 15 is 0 Å². The molecular weight excluding hydrogens is 330 g/mol. The minimum atomic E-state index is 0.773. The lowest BCUT2D eigenvalue weighted by Gasteiger charge is -2.27. The number of hydrogen-bond acceptors (Lipinski definition) is 6. The second kappa shape index (κ2) is 7.63. The predicted molar refractivity (Wildman–Crippen MR) is 104 cm³/mol. The number of nitrogens with zero attached hydrogens (tertiary/aromatic N) is 3. The van der Waals surface area contributed by atoms with Crippen molar-refractivity contribution in [2.75, 3.05) is 36.4 Å². The van der Waals surface area contributed by atoms with Crippen LogP contribution in [0.25, 0.3) is 10.4 Å². The molecule has 1 aliphatic rings. The molecule has 2 aromatic heterocycles. The van der Waals surface area contributed by atoms with Crippen molar-refractivity contribution in [2.45, 2.75) is 6.54 Å². The molecule has 3 heterocycles. The Morgan fingerprint density at radius 3 is 2.72 bits per heavy atom. The van der Waals surface area contributed by atoms with E-state index in [1.807, 2.05) is 29.7 Å². The Labute approximate surface area is 151 Å². The van der Waals surface area contributed by atoms with Crippen LogP contribution in [0.3, 0.4) is 0 Å². The molecule has 0 aliphatic carbocycles. The fraction of sp³-hybridized carbons (Fsp3) is 0.263. The molecular formula is C19H21N5S. The molecule has 0 atom stereocenters. The first-order valence-corrected chi connectivity index (χ1v) is 9.37. The minimum absolute atomic E-state index is 0.773. The summed E-state index contributed by atoms with van der Waals surface area (Å²) < 4.78 is 0. The van der Waals surface area contributed by atoms with E-state index in [2.05, 4.69) is 61.9 Å². The van der Waals surface area contributed by atoms with Gasteiger partial charge in [-0.3, -0.25) is 0 Å². The van der Waals surface area contributed by atoms with Crippen LogP contribution < -0.4 is 15.5 Å². The van der Waals surface area contributed by atoms with Gasteiger partial charge in [-0.2, -0.15) is 4.98 Å². The summed E-state index contributed by atoms with van der Waals surface area (Å²) in [6.45, 7) is 4.65. The van der Waals surface area contributed by atoms with Gasteiger partial charge in [0.25, 0.3) is 0 Å². The van der Waals surface area contributed by atoms with Crippen LogP contribution in [0.5, 0.6) is 0 Å². The topological polar surface area (TPSA) is 53.1 Å². The monoisotopic (exact) mass is 351 g/mol. The Kier molecular flexibility index (Phi) is 4.90. The van der Waals surface area contributed by atoms with E-state index in [-0.39, 0.29) is 0 Å². The van der Waals surface area contributed by atoms with E-state index < -0.39 is 0 Å². The highest BCUT2D eigenvalue weighted by molar-refractivity contribution is 7.15. The van der Waals surface area contributed by atoms with E-state index in [0.717, 1.165) is 44.5 Å². The van der Waals surface area contributed by atoms with Crippen LogP contribution in [0.2, 0.25) is 0 Å². The van der Waals surface area contributed by atoms with E-state index in [0.29, 0.717) is 0 Å². The maximum atomic E-state index is 4.66. The standard InChI is InChI=1S/C19H21N5S/c1-2-4-15(5-3-1)17-7-6-16(25-17)14-22-18-8-9-21-19(23-18)24-12-10-20-11-13-24/h1-9,20H,10-14H2,(H,21,22,23). The van der Waals surface area contributed by atoms with Gasteiger partial charge in [0, 0.05) is 42.1 Å².